The molecule has 0 saturated carbocycles. The van der Waals surface area contributed by atoms with E-state index in [1.54, 1.807) is 19.1 Å². The molecule has 0 bridgehead atoms. The second kappa shape index (κ2) is 6.47. The van der Waals surface area contributed by atoms with E-state index in [4.69, 9.17) is 26.2 Å². The fourth-order valence-corrected chi connectivity index (χ4v) is 1.69. The zero-order chi connectivity index (χ0) is 13.7. The van der Waals surface area contributed by atoms with Crippen molar-refractivity contribution in [1.82, 2.24) is 5.32 Å². The van der Waals surface area contributed by atoms with E-state index in [2.05, 4.69) is 5.32 Å². The minimum absolute atomic E-state index is 0.151. The number of aliphatic hydroxyl groups excluding tert-OH is 1. The van der Waals surface area contributed by atoms with Crippen LogP contribution in [-0.4, -0.2) is 31.3 Å². The van der Waals surface area contributed by atoms with E-state index in [-0.39, 0.29) is 23.3 Å². The summed E-state index contributed by atoms with van der Waals surface area (Å²) >= 11 is 6.04. The fraction of sp³-hybridized carbons (Fsp3) is 0.417. The Morgan fingerprint density at radius 2 is 2.22 bits per heavy atom. The van der Waals surface area contributed by atoms with Crippen LogP contribution in [0.3, 0.4) is 0 Å². The van der Waals surface area contributed by atoms with Crippen molar-refractivity contribution < 1.29 is 19.4 Å². The van der Waals surface area contributed by atoms with Crippen molar-refractivity contribution in [2.24, 2.45) is 0 Å². The molecule has 0 aliphatic carbocycles. The summed E-state index contributed by atoms with van der Waals surface area (Å²) in [5.41, 5.74) is 0.608. The van der Waals surface area contributed by atoms with Gasteiger partial charge in [-0.2, -0.15) is 0 Å². The Kier molecular flexibility index (Phi) is 5.25. The zero-order valence-electron chi connectivity index (χ0n) is 10.5. The predicted octanol–water partition coefficient (Wildman–Crippen LogP) is 1.35. The minimum atomic E-state index is -0.693. The summed E-state index contributed by atoms with van der Waals surface area (Å²) in [7, 11) is 2.99. The Hall–Kier alpha value is -1.46. The molecule has 0 aromatic heterocycles. The van der Waals surface area contributed by atoms with E-state index in [0.29, 0.717) is 11.3 Å². The summed E-state index contributed by atoms with van der Waals surface area (Å²) in [5, 5.41) is 11.8. The molecule has 1 aromatic carbocycles. The summed E-state index contributed by atoms with van der Waals surface area (Å²) < 4.78 is 10.6. The Balaban J connectivity index is 3.04. The number of rotatable bonds is 5. The van der Waals surface area contributed by atoms with Crippen molar-refractivity contribution in [3.8, 4) is 11.5 Å². The summed E-state index contributed by atoms with van der Waals surface area (Å²) in [5.74, 6) is 0.397. The number of halogens is 1. The lowest BCUT2D eigenvalue weighted by Crippen LogP contribution is -2.33. The molecule has 1 rings (SSSR count). The first-order chi connectivity index (χ1) is 8.53. The molecular weight excluding hydrogens is 258 g/mol. The van der Waals surface area contributed by atoms with Gasteiger partial charge in [-0.3, -0.25) is 4.79 Å². The molecule has 100 valence electrons. The zero-order valence-corrected chi connectivity index (χ0v) is 11.2. The molecule has 0 aliphatic rings. The summed E-state index contributed by atoms with van der Waals surface area (Å²) in [6, 6.07) is 3.17. The molecule has 6 heteroatoms. The summed E-state index contributed by atoms with van der Waals surface area (Å²) in [4.78, 5) is 11.4. The highest BCUT2D eigenvalue weighted by Crippen LogP contribution is 2.37. The van der Waals surface area contributed by atoms with Gasteiger partial charge in [0.2, 0.25) is 0 Å². The van der Waals surface area contributed by atoms with E-state index < -0.39 is 6.10 Å². The Labute approximate surface area is 111 Å². The lowest BCUT2D eigenvalue weighted by Gasteiger charge is -2.17. The monoisotopic (exact) mass is 273 g/mol. The third kappa shape index (κ3) is 3.27. The average molecular weight is 274 g/mol. The molecule has 0 aliphatic heterocycles. The highest BCUT2D eigenvalue weighted by atomic mass is 35.5. The molecule has 1 aromatic rings. The van der Waals surface area contributed by atoms with Crippen molar-refractivity contribution in [2.45, 2.75) is 19.6 Å². The van der Waals surface area contributed by atoms with Gasteiger partial charge in [-0.1, -0.05) is 11.6 Å². The van der Waals surface area contributed by atoms with Crippen LogP contribution in [0.5, 0.6) is 11.5 Å². The molecule has 5 nitrogen and oxygen atoms in total. The average Bonchev–Trinajstić information content (AvgIpc) is 2.39. The number of carbonyl (C=O) groups is 1. The van der Waals surface area contributed by atoms with Gasteiger partial charge in [0, 0.05) is 7.05 Å². The summed E-state index contributed by atoms with van der Waals surface area (Å²) in [6.45, 7) is 1.45. The first-order valence-electron chi connectivity index (χ1n) is 5.39. The molecule has 1 amide bonds. The highest BCUT2D eigenvalue weighted by Gasteiger charge is 2.18. The number of carbonyl (C=O) groups excluding carboxylic acids is 1. The second-order valence-corrected chi connectivity index (χ2v) is 4.05. The van der Waals surface area contributed by atoms with Gasteiger partial charge in [0.25, 0.3) is 5.91 Å². The predicted molar refractivity (Wildman–Crippen MR) is 68.1 cm³/mol. The van der Waals surface area contributed by atoms with Crippen LogP contribution >= 0.6 is 11.6 Å². The van der Waals surface area contributed by atoms with Crippen LogP contribution in [0.4, 0.5) is 0 Å². The molecule has 1 unspecified atom stereocenters. The number of nitrogens with one attached hydrogen (secondary N) is 1. The second-order valence-electron chi connectivity index (χ2n) is 3.64. The first kappa shape index (κ1) is 14.6. The third-order valence-corrected chi connectivity index (χ3v) is 2.66. The van der Waals surface area contributed by atoms with Crippen LogP contribution in [0, 0.1) is 0 Å². The molecule has 1 atom stereocenters. The molecule has 0 heterocycles. The molecule has 2 N–H and O–H groups in total. The summed E-state index contributed by atoms with van der Waals surface area (Å²) in [6.07, 6.45) is -0.693. The van der Waals surface area contributed by atoms with E-state index in [9.17, 15) is 4.79 Å². The SMILES string of the molecule is CNC(=O)C(C)Oc1c(Cl)cc(CO)cc1OC. The van der Waals surface area contributed by atoms with Crippen LogP contribution in [0.25, 0.3) is 0 Å². The van der Waals surface area contributed by atoms with Crippen molar-refractivity contribution in [3.63, 3.8) is 0 Å². The number of ether oxygens (including phenoxy) is 2. The lowest BCUT2D eigenvalue weighted by molar-refractivity contribution is -0.126. The van der Waals surface area contributed by atoms with Gasteiger partial charge in [-0.05, 0) is 24.6 Å². The first-order valence-corrected chi connectivity index (χ1v) is 5.76. The maximum Gasteiger partial charge on any atom is 0.260 e. The molecule has 0 saturated heterocycles. The number of aliphatic hydroxyl groups is 1. The van der Waals surface area contributed by atoms with E-state index >= 15 is 0 Å². The van der Waals surface area contributed by atoms with Crippen molar-refractivity contribution >= 4 is 17.5 Å². The number of likely N-dealkylation sites (N-methyl/N-ethyl adjacent to an activating group) is 1. The van der Waals surface area contributed by atoms with Gasteiger partial charge in [0.15, 0.2) is 17.6 Å². The maximum absolute atomic E-state index is 11.4. The number of benzene rings is 1. The molecule has 18 heavy (non-hydrogen) atoms. The number of methoxy groups -OCH3 is 1. The van der Waals surface area contributed by atoms with Gasteiger partial charge >= 0.3 is 0 Å². The van der Waals surface area contributed by atoms with Crippen molar-refractivity contribution in [2.75, 3.05) is 14.2 Å². The highest BCUT2D eigenvalue weighted by molar-refractivity contribution is 6.32. The Bertz CT molecular complexity index is 436. The van der Waals surface area contributed by atoms with Gasteiger partial charge in [-0.25, -0.2) is 0 Å². The number of amides is 1. The standard InChI is InChI=1S/C12H16ClNO4/c1-7(12(16)14-2)18-11-9(13)4-8(6-15)5-10(11)17-3/h4-5,7,15H,6H2,1-3H3,(H,14,16). The molecule has 0 fully saturated rings. The van der Waals surface area contributed by atoms with Crippen molar-refractivity contribution in [3.05, 3.63) is 22.7 Å². The minimum Gasteiger partial charge on any atom is -0.493 e. The van der Waals surface area contributed by atoms with E-state index in [1.165, 1.54) is 14.2 Å². The van der Waals surface area contributed by atoms with Gasteiger partial charge in [0.05, 0.1) is 18.7 Å². The largest absolute Gasteiger partial charge is 0.493 e. The van der Waals surface area contributed by atoms with Gasteiger partial charge in [0.1, 0.15) is 0 Å². The van der Waals surface area contributed by atoms with Crippen molar-refractivity contribution in [1.29, 1.82) is 0 Å². The van der Waals surface area contributed by atoms with E-state index in [0.717, 1.165) is 0 Å². The fourth-order valence-electron chi connectivity index (χ4n) is 1.41. The maximum atomic E-state index is 11.4. The molecule has 0 spiro atoms. The number of hydrogen-bond donors (Lipinski definition) is 2. The van der Waals surface area contributed by atoms with Gasteiger partial charge in [-0.15, -0.1) is 0 Å². The van der Waals surface area contributed by atoms with Crippen LogP contribution < -0.4 is 14.8 Å². The van der Waals surface area contributed by atoms with Crippen LogP contribution in [0.2, 0.25) is 5.02 Å². The number of hydrogen-bond acceptors (Lipinski definition) is 4. The normalized spacial score (nSPS) is 11.8. The smallest absolute Gasteiger partial charge is 0.260 e. The van der Waals surface area contributed by atoms with Gasteiger partial charge < -0.3 is 19.9 Å². The Morgan fingerprint density at radius 3 is 2.72 bits per heavy atom. The van der Waals surface area contributed by atoms with Crippen LogP contribution in [0.1, 0.15) is 12.5 Å². The van der Waals surface area contributed by atoms with E-state index in [1.807, 2.05) is 0 Å². The molecular formula is C12H16ClNO4. The molecule has 0 radical (unpaired) electrons. The Morgan fingerprint density at radius 1 is 1.56 bits per heavy atom. The topological polar surface area (TPSA) is 67.8 Å². The quantitative estimate of drug-likeness (QED) is 0.850. The van der Waals surface area contributed by atoms with Crippen LogP contribution in [-0.2, 0) is 11.4 Å². The van der Waals surface area contributed by atoms with Crippen LogP contribution in [0.15, 0.2) is 12.1 Å². The lowest BCUT2D eigenvalue weighted by atomic mass is 10.2. The third-order valence-electron chi connectivity index (χ3n) is 2.38.